The van der Waals surface area contributed by atoms with Gasteiger partial charge in [0.15, 0.2) is 0 Å². The lowest BCUT2D eigenvalue weighted by Gasteiger charge is -2.21. The van der Waals surface area contributed by atoms with Gasteiger partial charge in [-0.15, -0.1) is 0 Å². The van der Waals surface area contributed by atoms with Crippen LogP contribution >= 0.6 is 0 Å². The number of hydrogen-bond donors (Lipinski definition) is 2. The second kappa shape index (κ2) is 8.44. The second-order valence-electron chi connectivity index (χ2n) is 7.25. The zero-order valence-electron chi connectivity index (χ0n) is 17.2. The topological polar surface area (TPSA) is 103 Å². The zero-order chi connectivity index (χ0) is 22.1. The van der Waals surface area contributed by atoms with Crippen molar-refractivity contribution in [3.8, 4) is 23.0 Å². The van der Waals surface area contributed by atoms with Gasteiger partial charge in [-0.2, -0.15) is 13.7 Å². The first-order valence-corrected chi connectivity index (χ1v) is 11.1. The molecule has 156 valence electrons. The number of benzene rings is 2. The van der Waals surface area contributed by atoms with Crippen LogP contribution in [0, 0.1) is 25.2 Å². The van der Waals surface area contributed by atoms with Gasteiger partial charge in [0.05, 0.1) is 23.9 Å². The summed E-state index contributed by atoms with van der Waals surface area (Å²) in [7, 11) is -4.52. The minimum atomic E-state index is -4.52. The molecular formula is C23H24N2O4S. The summed E-state index contributed by atoms with van der Waals surface area (Å²) in [6, 6.07) is 14.4. The summed E-state index contributed by atoms with van der Waals surface area (Å²) in [5.41, 5.74) is 5.40. The van der Waals surface area contributed by atoms with Crippen molar-refractivity contribution in [3.63, 3.8) is 0 Å². The van der Waals surface area contributed by atoms with Crippen LogP contribution in [0.4, 0.5) is 0 Å². The fourth-order valence-electron chi connectivity index (χ4n) is 3.89. The average molecular weight is 425 g/mol. The van der Waals surface area contributed by atoms with Gasteiger partial charge >= 0.3 is 0 Å². The van der Waals surface area contributed by atoms with Crippen LogP contribution < -0.4 is 0 Å². The van der Waals surface area contributed by atoms with Gasteiger partial charge in [0.25, 0.3) is 10.1 Å². The molecule has 0 aliphatic carbocycles. The maximum absolute atomic E-state index is 12.1. The fourth-order valence-corrected chi connectivity index (χ4v) is 4.66. The minimum Gasteiger partial charge on any atom is -0.392 e. The zero-order valence-corrected chi connectivity index (χ0v) is 18.0. The lowest BCUT2D eigenvalue weighted by Crippen LogP contribution is -2.10. The largest absolute Gasteiger partial charge is 0.392 e. The standard InChI is InChI=1S/C23H24N2O4S/c1-4-5-18-12-22(30(27,28)29)20(14-26)23(16(18)3)21-11-6-15(2)25(21)19-9-7-17(13-24)8-10-19/h6-12,26H,4-5,14H2,1-3H3,(H,27,28,29). The molecule has 7 heteroatoms. The maximum atomic E-state index is 12.1. The molecule has 3 aromatic rings. The van der Waals surface area contributed by atoms with Gasteiger partial charge in [-0.3, -0.25) is 4.55 Å². The highest BCUT2D eigenvalue weighted by Crippen LogP contribution is 2.37. The summed E-state index contributed by atoms with van der Waals surface area (Å²) in [4.78, 5) is -0.265. The molecule has 0 spiro atoms. The summed E-state index contributed by atoms with van der Waals surface area (Å²) in [6.45, 7) is 5.29. The number of aryl methyl sites for hydroxylation is 2. The Morgan fingerprint density at radius 2 is 1.77 bits per heavy atom. The number of hydrogen-bond acceptors (Lipinski definition) is 4. The van der Waals surface area contributed by atoms with Gasteiger partial charge < -0.3 is 9.67 Å². The molecule has 0 radical (unpaired) electrons. The third kappa shape index (κ3) is 3.90. The highest BCUT2D eigenvalue weighted by Gasteiger charge is 2.25. The van der Waals surface area contributed by atoms with Crippen LogP contribution in [0.15, 0.2) is 47.4 Å². The number of nitriles is 1. The van der Waals surface area contributed by atoms with Crippen LogP contribution in [0.5, 0.6) is 0 Å². The fraction of sp³-hybridized carbons (Fsp3) is 0.261. The summed E-state index contributed by atoms with van der Waals surface area (Å²) < 4.78 is 36.0. The Balaban J connectivity index is 2.38. The van der Waals surface area contributed by atoms with E-state index in [1.807, 2.05) is 49.6 Å². The SMILES string of the molecule is CCCc1cc(S(=O)(=O)O)c(CO)c(-c2ccc(C)n2-c2ccc(C#N)cc2)c1C. The van der Waals surface area contributed by atoms with Crippen molar-refractivity contribution in [1.82, 2.24) is 4.57 Å². The normalized spacial score (nSPS) is 11.5. The van der Waals surface area contributed by atoms with E-state index >= 15 is 0 Å². The lowest BCUT2D eigenvalue weighted by atomic mass is 9.92. The Kier molecular flexibility index (Phi) is 6.13. The third-order valence-corrected chi connectivity index (χ3v) is 6.22. The number of aromatic nitrogens is 1. The Bertz CT molecular complexity index is 1230. The average Bonchev–Trinajstić information content (AvgIpc) is 3.09. The molecule has 0 aliphatic rings. The molecule has 2 aromatic carbocycles. The van der Waals surface area contributed by atoms with E-state index in [0.717, 1.165) is 28.9 Å². The van der Waals surface area contributed by atoms with Crippen molar-refractivity contribution in [2.45, 2.75) is 45.1 Å². The predicted octanol–water partition coefficient (Wildman–Crippen LogP) is 4.32. The first-order valence-electron chi connectivity index (χ1n) is 9.65. The molecule has 0 amide bonds. The van der Waals surface area contributed by atoms with Crippen molar-refractivity contribution >= 4 is 10.1 Å². The lowest BCUT2D eigenvalue weighted by molar-refractivity contribution is 0.278. The van der Waals surface area contributed by atoms with E-state index in [1.54, 1.807) is 12.1 Å². The number of aliphatic hydroxyl groups is 1. The molecule has 6 nitrogen and oxygen atoms in total. The molecule has 0 atom stereocenters. The van der Waals surface area contributed by atoms with E-state index in [-0.39, 0.29) is 10.5 Å². The molecule has 0 aliphatic heterocycles. The summed E-state index contributed by atoms with van der Waals surface area (Å²) >= 11 is 0. The van der Waals surface area contributed by atoms with Crippen LogP contribution in [0.25, 0.3) is 16.9 Å². The summed E-state index contributed by atoms with van der Waals surface area (Å²) in [5.74, 6) is 0. The quantitative estimate of drug-likeness (QED) is 0.574. The predicted molar refractivity (Wildman–Crippen MR) is 115 cm³/mol. The van der Waals surface area contributed by atoms with Gasteiger partial charge in [0, 0.05) is 22.5 Å². The molecule has 0 unspecified atom stereocenters. The van der Waals surface area contributed by atoms with Crippen LogP contribution in [0.1, 0.15) is 41.3 Å². The van der Waals surface area contributed by atoms with E-state index in [2.05, 4.69) is 6.07 Å². The molecular weight excluding hydrogens is 400 g/mol. The monoisotopic (exact) mass is 424 g/mol. The second-order valence-corrected chi connectivity index (χ2v) is 8.64. The van der Waals surface area contributed by atoms with Crippen LogP contribution in [-0.2, 0) is 23.1 Å². The molecule has 2 N–H and O–H groups in total. The Labute approximate surface area is 176 Å². The van der Waals surface area contributed by atoms with Crippen molar-refractivity contribution in [2.75, 3.05) is 0 Å². The minimum absolute atomic E-state index is 0.169. The van der Waals surface area contributed by atoms with Gasteiger partial charge in [-0.05, 0) is 73.9 Å². The van der Waals surface area contributed by atoms with E-state index in [4.69, 9.17) is 5.26 Å². The number of nitrogens with zero attached hydrogens (tertiary/aromatic N) is 2. The molecule has 0 fully saturated rings. The summed E-state index contributed by atoms with van der Waals surface area (Å²) in [6.07, 6.45) is 1.45. The number of aliphatic hydroxyl groups excluding tert-OH is 1. The van der Waals surface area contributed by atoms with Gasteiger partial charge in [0.1, 0.15) is 4.90 Å². The molecule has 0 bridgehead atoms. The van der Waals surface area contributed by atoms with Gasteiger partial charge in [0.2, 0.25) is 0 Å². The molecule has 0 saturated carbocycles. The Morgan fingerprint density at radius 1 is 1.10 bits per heavy atom. The molecule has 1 aromatic heterocycles. The van der Waals surface area contributed by atoms with Crippen molar-refractivity contribution in [2.24, 2.45) is 0 Å². The van der Waals surface area contributed by atoms with Crippen LogP contribution in [0.2, 0.25) is 0 Å². The highest BCUT2D eigenvalue weighted by atomic mass is 32.2. The van der Waals surface area contributed by atoms with E-state index in [9.17, 15) is 18.1 Å². The molecule has 0 saturated heterocycles. The van der Waals surface area contributed by atoms with Crippen molar-refractivity contribution in [1.29, 1.82) is 5.26 Å². The van der Waals surface area contributed by atoms with Crippen molar-refractivity contribution < 1.29 is 18.1 Å². The smallest absolute Gasteiger partial charge is 0.294 e. The molecule has 1 heterocycles. The van der Waals surface area contributed by atoms with Crippen molar-refractivity contribution in [3.05, 3.63) is 70.4 Å². The molecule has 30 heavy (non-hydrogen) atoms. The van der Waals surface area contributed by atoms with E-state index < -0.39 is 16.7 Å². The van der Waals surface area contributed by atoms with Gasteiger partial charge in [-0.1, -0.05) is 13.3 Å². The Hall–Kier alpha value is -2.92. The van der Waals surface area contributed by atoms with Crippen LogP contribution in [0.3, 0.4) is 0 Å². The first-order chi connectivity index (χ1) is 14.2. The summed E-state index contributed by atoms with van der Waals surface area (Å²) in [5, 5.41) is 19.2. The molecule has 3 rings (SSSR count). The number of rotatable bonds is 6. The van der Waals surface area contributed by atoms with Gasteiger partial charge in [-0.25, -0.2) is 0 Å². The van der Waals surface area contributed by atoms with E-state index in [1.165, 1.54) is 6.07 Å². The Morgan fingerprint density at radius 3 is 2.30 bits per heavy atom. The van der Waals surface area contributed by atoms with Crippen LogP contribution in [-0.4, -0.2) is 22.6 Å². The first kappa shape index (κ1) is 21.8. The maximum Gasteiger partial charge on any atom is 0.294 e. The van der Waals surface area contributed by atoms with E-state index in [0.29, 0.717) is 23.2 Å². The highest BCUT2D eigenvalue weighted by molar-refractivity contribution is 7.85. The third-order valence-electron chi connectivity index (χ3n) is 5.30.